The molecule has 1 unspecified atom stereocenters. The summed E-state index contributed by atoms with van der Waals surface area (Å²) in [6, 6.07) is 70.4. The highest BCUT2D eigenvalue weighted by molar-refractivity contribution is 8.08. The molecule has 0 saturated carbocycles. The summed E-state index contributed by atoms with van der Waals surface area (Å²) in [6.45, 7) is 2.12. The van der Waals surface area contributed by atoms with Crippen molar-refractivity contribution in [1.29, 1.82) is 0 Å². The van der Waals surface area contributed by atoms with E-state index in [1.807, 2.05) is 54.2 Å². The van der Waals surface area contributed by atoms with Crippen molar-refractivity contribution in [2.45, 2.75) is 56.4 Å². The average molecular weight is 1030 g/mol. The molecule has 0 bridgehead atoms. The smallest absolute Gasteiger partial charge is 0.164 e. The van der Waals surface area contributed by atoms with Gasteiger partial charge < -0.3 is 14.9 Å². The summed E-state index contributed by atoms with van der Waals surface area (Å²) >= 11 is 1.96. The lowest BCUT2D eigenvalue weighted by Crippen LogP contribution is -2.18. The standard InChI is InChI=1S/C69H54N8S/c1-44(45-20-6-2-7-21-45)71-66(47-22-8-3-9-23-47)72-65(70)50-28-18-30-52(42-50)77-58-35-17-15-33-55(58)63-60(77)39-37-46-36-38-56-61(78-64(46)63)41-40-59-62(56)54-32-14-16-34-57(54)76(59)53-31-19-29-51(43-53)69-74-67(48-24-10-4-11-25-48)73-68(75-69)49-26-12-5-13-27-49/h2,4-8,10-35,40-44H,3,9,36-39H2,1H3,(H2,70,71,72). The van der Waals surface area contributed by atoms with Gasteiger partial charge in [-0.15, -0.1) is 0 Å². The van der Waals surface area contributed by atoms with Gasteiger partial charge in [0, 0.05) is 76.4 Å². The molecule has 376 valence electrons. The van der Waals surface area contributed by atoms with E-state index >= 15 is 0 Å². The number of thioether (sulfide) groups is 1. The Morgan fingerprint density at radius 2 is 1.18 bits per heavy atom. The summed E-state index contributed by atoms with van der Waals surface area (Å²) in [5, 5.41) is 3.84. The lowest BCUT2D eigenvalue weighted by atomic mass is 9.91. The molecule has 3 aliphatic rings. The number of nitrogens with two attached hydrogens (primary N) is 1. The first kappa shape index (κ1) is 47.3. The maximum atomic E-state index is 7.01. The second-order valence-electron chi connectivity index (χ2n) is 20.3. The van der Waals surface area contributed by atoms with E-state index in [1.165, 1.54) is 64.9 Å². The molecule has 1 aliphatic heterocycles. The number of para-hydroxylation sites is 2. The van der Waals surface area contributed by atoms with Gasteiger partial charge in [-0.25, -0.2) is 19.9 Å². The van der Waals surface area contributed by atoms with Gasteiger partial charge in [0.05, 0.1) is 22.6 Å². The molecule has 0 amide bonds. The van der Waals surface area contributed by atoms with Crippen molar-refractivity contribution in [3.05, 3.63) is 258 Å². The van der Waals surface area contributed by atoms with Crippen molar-refractivity contribution >= 4 is 61.0 Å². The van der Waals surface area contributed by atoms with Crippen LogP contribution < -0.4 is 5.73 Å². The largest absolute Gasteiger partial charge is 0.383 e. The summed E-state index contributed by atoms with van der Waals surface area (Å²) in [5.74, 6) is 3.02. The van der Waals surface area contributed by atoms with E-state index in [4.69, 9.17) is 30.7 Å². The van der Waals surface area contributed by atoms with Crippen LogP contribution in [0, 0.1) is 0 Å². The molecular weight excluding hydrogens is 973 g/mol. The number of aryl methyl sites for hydroxylation is 1. The number of aromatic nitrogens is 5. The quantitative estimate of drug-likeness (QED) is 0.115. The molecule has 0 fully saturated rings. The first-order valence-corrected chi connectivity index (χ1v) is 27.8. The molecule has 14 rings (SSSR count). The van der Waals surface area contributed by atoms with Crippen LogP contribution in [0.4, 0.5) is 0 Å². The Kier molecular flexibility index (Phi) is 12.2. The third-order valence-electron chi connectivity index (χ3n) is 15.5. The molecular formula is C69H54N8S. The predicted octanol–water partition coefficient (Wildman–Crippen LogP) is 16.5. The van der Waals surface area contributed by atoms with Crippen molar-refractivity contribution in [3.63, 3.8) is 0 Å². The lowest BCUT2D eigenvalue weighted by Gasteiger charge is -2.22. The topological polar surface area (TPSA) is 99.3 Å². The van der Waals surface area contributed by atoms with E-state index in [2.05, 4.69) is 192 Å². The van der Waals surface area contributed by atoms with Crippen molar-refractivity contribution in [2.24, 2.45) is 15.7 Å². The number of amidine groups is 2. The zero-order valence-electron chi connectivity index (χ0n) is 43.2. The van der Waals surface area contributed by atoms with Gasteiger partial charge in [0.2, 0.25) is 0 Å². The molecule has 0 radical (unpaired) electrons. The van der Waals surface area contributed by atoms with Crippen molar-refractivity contribution in [2.75, 3.05) is 0 Å². The molecule has 8 nitrogen and oxygen atoms in total. The third kappa shape index (κ3) is 8.57. The Bertz CT molecular complexity index is 4260. The maximum Gasteiger partial charge on any atom is 0.164 e. The van der Waals surface area contributed by atoms with Crippen LogP contribution >= 0.6 is 11.8 Å². The highest BCUT2D eigenvalue weighted by Crippen LogP contribution is 2.52. The van der Waals surface area contributed by atoms with Crippen molar-refractivity contribution in [3.8, 4) is 45.5 Å². The highest BCUT2D eigenvalue weighted by Gasteiger charge is 2.31. The van der Waals surface area contributed by atoms with Crippen LogP contribution in [-0.2, 0) is 12.8 Å². The number of rotatable bonds is 9. The minimum atomic E-state index is -0.0836. The fraction of sp³-hybridized carbons (Fsp3) is 0.116. The number of aliphatic imine (C=N–C) groups is 2. The van der Waals surface area contributed by atoms with Crippen LogP contribution in [0.3, 0.4) is 0 Å². The van der Waals surface area contributed by atoms with E-state index in [9.17, 15) is 0 Å². The SMILES string of the molecule is CC(N=C(N=C(N)c1cccc(-n2c3c(c4ccccc42)C2=C(CCc4c(ccc5c4c4ccccc4n5-c4cccc(-c5nc(-c6ccccc6)nc(-c6ccccc6)n5)c4)S2)CC3)c1)C1=CCCC=C1)c1ccccc1. The molecule has 1 atom stereocenters. The molecule has 3 aromatic heterocycles. The second kappa shape index (κ2) is 20.1. The van der Waals surface area contributed by atoms with Gasteiger partial charge in [0.25, 0.3) is 0 Å². The van der Waals surface area contributed by atoms with Crippen molar-refractivity contribution in [1.82, 2.24) is 24.1 Å². The number of fused-ring (bicyclic) bond motifs is 9. The van der Waals surface area contributed by atoms with Crippen molar-refractivity contribution < 1.29 is 0 Å². The van der Waals surface area contributed by atoms with Crippen LogP contribution in [0.1, 0.15) is 66.6 Å². The Labute approximate surface area is 457 Å². The van der Waals surface area contributed by atoms with Crippen LogP contribution in [0.2, 0.25) is 0 Å². The molecule has 2 N–H and O–H groups in total. The van der Waals surface area contributed by atoms with Crippen LogP contribution in [0.15, 0.2) is 244 Å². The fourth-order valence-corrected chi connectivity index (χ4v) is 13.1. The Morgan fingerprint density at radius 3 is 1.90 bits per heavy atom. The molecule has 2 aliphatic carbocycles. The summed E-state index contributed by atoms with van der Waals surface area (Å²) in [7, 11) is 0. The van der Waals surface area contributed by atoms with E-state index in [0.717, 1.165) is 83.3 Å². The molecule has 0 spiro atoms. The second-order valence-corrected chi connectivity index (χ2v) is 21.4. The number of hydrogen-bond acceptors (Lipinski definition) is 5. The first-order valence-electron chi connectivity index (χ1n) is 27.0. The minimum absolute atomic E-state index is 0.0836. The molecule has 9 heteroatoms. The molecule has 11 aromatic rings. The van der Waals surface area contributed by atoms with Gasteiger partial charge in [0.1, 0.15) is 5.84 Å². The Balaban J connectivity index is 0.834. The van der Waals surface area contributed by atoms with E-state index < -0.39 is 0 Å². The summed E-state index contributed by atoms with van der Waals surface area (Å²) < 4.78 is 4.90. The van der Waals surface area contributed by atoms with Gasteiger partial charge in [-0.3, -0.25) is 4.99 Å². The predicted molar refractivity (Wildman–Crippen MR) is 323 cm³/mol. The zero-order valence-corrected chi connectivity index (χ0v) is 44.0. The normalized spacial score (nSPS) is 15.0. The van der Waals surface area contributed by atoms with Gasteiger partial charge in [0.15, 0.2) is 23.3 Å². The summed E-state index contributed by atoms with van der Waals surface area (Å²) in [5.41, 5.74) is 24.1. The zero-order chi connectivity index (χ0) is 52.1. The van der Waals surface area contributed by atoms with Gasteiger partial charge in [-0.05, 0) is 105 Å². The molecule has 78 heavy (non-hydrogen) atoms. The molecule has 8 aromatic carbocycles. The monoisotopic (exact) mass is 1030 g/mol. The average Bonchev–Trinajstić information content (AvgIpc) is 3.97. The number of allylic oxidation sites excluding steroid dienone is 3. The highest BCUT2D eigenvalue weighted by atomic mass is 32.2. The van der Waals surface area contributed by atoms with Gasteiger partial charge >= 0.3 is 0 Å². The van der Waals surface area contributed by atoms with Gasteiger partial charge in [-0.1, -0.05) is 187 Å². The van der Waals surface area contributed by atoms with E-state index in [1.54, 1.807) is 0 Å². The summed E-state index contributed by atoms with van der Waals surface area (Å²) in [4.78, 5) is 28.1. The summed E-state index contributed by atoms with van der Waals surface area (Å²) in [6.07, 6.45) is 12.4. The lowest BCUT2D eigenvalue weighted by molar-refractivity contribution is 0.798. The van der Waals surface area contributed by atoms with E-state index in [0.29, 0.717) is 29.1 Å². The Morgan fingerprint density at radius 1 is 0.564 bits per heavy atom. The molecule has 0 saturated heterocycles. The van der Waals surface area contributed by atoms with Gasteiger partial charge in [-0.2, -0.15) is 0 Å². The number of benzene rings is 8. The van der Waals surface area contributed by atoms with Crippen LogP contribution in [0.25, 0.3) is 83.2 Å². The maximum absolute atomic E-state index is 7.01. The van der Waals surface area contributed by atoms with Crippen LogP contribution in [0.5, 0.6) is 0 Å². The number of hydrogen-bond donors (Lipinski definition) is 1. The fourth-order valence-electron chi connectivity index (χ4n) is 11.8. The first-order chi connectivity index (χ1) is 38.5. The third-order valence-corrected chi connectivity index (χ3v) is 16.8. The van der Waals surface area contributed by atoms with Crippen LogP contribution in [-0.4, -0.2) is 35.8 Å². The number of nitrogens with zero attached hydrogens (tertiary/aromatic N) is 7. The minimum Gasteiger partial charge on any atom is -0.383 e. The van der Waals surface area contributed by atoms with E-state index in [-0.39, 0.29) is 6.04 Å². The Hall–Kier alpha value is -9.18. The molecule has 4 heterocycles.